The Morgan fingerprint density at radius 1 is 1.01 bits per heavy atom. The van der Waals surface area contributed by atoms with Crippen LogP contribution in [0.25, 0.3) is 16.0 Å². The lowest BCUT2D eigenvalue weighted by Gasteiger charge is -2.36. The molecule has 1 unspecified atom stereocenters. The number of nitrogens with zero attached hydrogens (tertiary/aromatic N) is 5. The van der Waals surface area contributed by atoms with E-state index in [1.54, 1.807) is 48.2 Å². The Hall–Kier alpha value is -6.62. The zero-order chi connectivity index (χ0) is 52.8. The first-order chi connectivity index (χ1) is 34.6. The van der Waals surface area contributed by atoms with E-state index < -0.39 is 52.2 Å². The van der Waals surface area contributed by atoms with Gasteiger partial charge < -0.3 is 34.6 Å². The summed E-state index contributed by atoms with van der Waals surface area (Å²) in [6.45, 7) is 12.1. The standard InChI is InChI=1S/C54H60F3N7O7S2/c1-33-46(73-32-60-33)36-14-12-34(13-15-36)30-59-48(66)42-11-10-24-62(42)49(67)47(52(2,3)4)61-45(65)31-70-25-8-9-26-71-43-23-19-37(27-44(43)69-7)35-16-20-39(21-17-35)64-51(72)63(50(68)53(64,5)6)40-22-18-38(29-58)41(28-40)54(55,56)57/h12-20,22-23,27-28,32,39,42,47H,8-11,21,24-26,30-31H2,1-7H3,(H,59,66)(H,61,65)/t39?,42-,47+/m0/s1. The summed E-state index contributed by atoms with van der Waals surface area (Å²) >= 11 is 7.31. The maximum absolute atomic E-state index is 14.0. The van der Waals surface area contributed by atoms with Crippen LogP contribution in [0.3, 0.4) is 0 Å². The third-order valence-electron chi connectivity index (χ3n) is 13.2. The third kappa shape index (κ3) is 12.3. The number of rotatable bonds is 18. The fourth-order valence-corrected chi connectivity index (χ4v) is 10.6. The Morgan fingerprint density at radius 2 is 1.74 bits per heavy atom. The molecule has 3 aliphatic rings. The third-order valence-corrected chi connectivity index (χ3v) is 14.5. The van der Waals surface area contributed by atoms with Gasteiger partial charge in [-0.05, 0) is 123 Å². The molecule has 19 heteroatoms. The highest BCUT2D eigenvalue weighted by molar-refractivity contribution is 7.80. The van der Waals surface area contributed by atoms with Crippen LogP contribution in [0.15, 0.2) is 84.4 Å². The summed E-state index contributed by atoms with van der Waals surface area (Å²) in [5, 5.41) is 15.2. The number of carbonyl (C=O) groups is 4. The van der Waals surface area contributed by atoms with Crippen LogP contribution in [-0.2, 0) is 36.6 Å². The number of unbranched alkanes of at least 4 members (excludes halogenated alkanes) is 1. The van der Waals surface area contributed by atoms with E-state index in [0.717, 1.165) is 49.9 Å². The fourth-order valence-electron chi connectivity index (χ4n) is 9.21. The predicted octanol–water partition coefficient (Wildman–Crippen LogP) is 9.16. The molecule has 0 radical (unpaired) electrons. The molecule has 1 aromatic heterocycles. The number of hydrogen-bond donors (Lipinski definition) is 2. The highest BCUT2D eigenvalue weighted by Gasteiger charge is 2.52. The molecule has 3 atom stereocenters. The number of thiazole rings is 1. The number of anilines is 1. The second-order valence-corrected chi connectivity index (χ2v) is 20.9. The van der Waals surface area contributed by atoms with Gasteiger partial charge >= 0.3 is 6.18 Å². The van der Waals surface area contributed by atoms with E-state index in [2.05, 4.69) is 15.6 Å². The van der Waals surface area contributed by atoms with E-state index in [9.17, 15) is 37.6 Å². The van der Waals surface area contributed by atoms with Gasteiger partial charge in [0.1, 0.15) is 24.2 Å². The van der Waals surface area contributed by atoms with Crippen LogP contribution in [0.1, 0.15) is 94.7 Å². The molecule has 0 bridgehead atoms. The first kappa shape index (κ1) is 54.2. The number of alkyl halides is 3. The maximum atomic E-state index is 14.0. The zero-order valence-corrected chi connectivity index (χ0v) is 43.6. The number of carbonyl (C=O) groups excluding carboxylic acids is 4. The minimum atomic E-state index is -4.80. The Morgan fingerprint density at radius 3 is 2.38 bits per heavy atom. The fraction of sp³-hybridized carbons (Fsp3) is 0.426. The summed E-state index contributed by atoms with van der Waals surface area (Å²) in [5.74, 6) is -0.400. The molecule has 2 fully saturated rings. The van der Waals surface area contributed by atoms with Gasteiger partial charge in [-0.25, -0.2) is 4.98 Å². The Kier molecular flexibility index (Phi) is 16.8. The Balaban J connectivity index is 0.845. The number of nitriles is 1. The molecule has 2 saturated heterocycles. The number of aryl methyl sites for hydroxylation is 1. The lowest BCUT2D eigenvalue weighted by Crippen LogP contribution is -2.58. The molecular weight excluding hydrogens is 980 g/mol. The van der Waals surface area contributed by atoms with Gasteiger partial charge in [0.05, 0.1) is 58.7 Å². The van der Waals surface area contributed by atoms with Gasteiger partial charge in [-0.15, -0.1) is 11.3 Å². The van der Waals surface area contributed by atoms with Crippen molar-refractivity contribution in [3.8, 4) is 28.0 Å². The van der Waals surface area contributed by atoms with Gasteiger partial charge in [-0.2, -0.15) is 18.4 Å². The molecule has 3 heterocycles. The number of likely N-dealkylation sites (tertiary alicyclic amines) is 1. The first-order valence-corrected chi connectivity index (χ1v) is 25.4. The van der Waals surface area contributed by atoms with E-state index in [4.69, 9.17) is 26.4 Å². The van der Waals surface area contributed by atoms with Crippen LogP contribution < -0.4 is 25.0 Å². The molecule has 4 aromatic rings. The number of hydrogen-bond acceptors (Lipinski definition) is 11. The first-order valence-electron chi connectivity index (χ1n) is 24.1. The molecule has 386 valence electrons. The van der Waals surface area contributed by atoms with Crippen molar-refractivity contribution in [3.63, 3.8) is 0 Å². The van der Waals surface area contributed by atoms with Gasteiger partial charge in [-0.1, -0.05) is 69.3 Å². The Bertz CT molecular complexity index is 2830. The molecule has 0 saturated carbocycles. The summed E-state index contributed by atoms with van der Waals surface area (Å²) in [6, 6.07) is 16.4. The SMILES string of the molecule is COc1cc(C2=CCC(N3C(=S)N(c4ccc(C#N)c(C(F)(F)F)c4)C(=O)C3(C)C)C=C2)ccc1OCCCCOCC(=O)N[C@H](C(=O)N1CCC[C@H]1C(=O)NCc1ccc(-c2scnc2C)cc1)C(C)(C)C. The van der Waals surface area contributed by atoms with Gasteiger partial charge in [0.15, 0.2) is 16.6 Å². The number of nitrogens with one attached hydrogen (secondary N) is 2. The van der Waals surface area contributed by atoms with Crippen molar-refractivity contribution < 1.29 is 46.6 Å². The topological polar surface area (TPSA) is 166 Å². The summed E-state index contributed by atoms with van der Waals surface area (Å²) in [5.41, 5.74) is 2.96. The highest BCUT2D eigenvalue weighted by atomic mass is 32.1. The molecule has 3 aromatic carbocycles. The summed E-state index contributed by atoms with van der Waals surface area (Å²) in [4.78, 5) is 64.1. The number of halogens is 3. The number of allylic oxidation sites excluding steroid dienone is 2. The maximum Gasteiger partial charge on any atom is 0.417 e. The normalized spacial score (nSPS) is 18.1. The van der Waals surface area contributed by atoms with Crippen LogP contribution in [-0.4, -0.2) is 101 Å². The van der Waals surface area contributed by atoms with E-state index in [1.807, 2.05) is 93.9 Å². The van der Waals surface area contributed by atoms with Crippen molar-refractivity contribution in [1.29, 1.82) is 5.26 Å². The predicted molar refractivity (Wildman–Crippen MR) is 276 cm³/mol. The minimum absolute atomic E-state index is 0.0609. The summed E-state index contributed by atoms with van der Waals surface area (Å²) in [7, 11) is 1.54. The van der Waals surface area contributed by atoms with Crippen molar-refractivity contribution in [2.24, 2.45) is 5.41 Å². The minimum Gasteiger partial charge on any atom is -0.493 e. The second-order valence-electron chi connectivity index (χ2n) is 19.7. The zero-order valence-electron chi connectivity index (χ0n) is 41.9. The largest absolute Gasteiger partial charge is 0.493 e. The van der Waals surface area contributed by atoms with Gasteiger partial charge in [0.2, 0.25) is 17.7 Å². The lowest BCUT2D eigenvalue weighted by atomic mass is 9.85. The number of amides is 4. The smallest absolute Gasteiger partial charge is 0.417 e. The average molecular weight is 1040 g/mol. The number of ether oxygens (including phenoxy) is 3. The van der Waals surface area contributed by atoms with Crippen LogP contribution >= 0.6 is 23.6 Å². The quantitative estimate of drug-likeness (QED) is 0.0721. The monoisotopic (exact) mass is 1040 g/mol. The van der Waals surface area contributed by atoms with Crippen LogP contribution in [0.5, 0.6) is 11.5 Å². The highest BCUT2D eigenvalue weighted by Crippen LogP contribution is 2.41. The van der Waals surface area contributed by atoms with Crippen molar-refractivity contribution >= 4 is 63.6 Å². The van der Waals surface area contributed by atoms with Crippen molar-refractivity contribution in [3.05, 3.63) is 112 Å². The van der Waals surface area contributed by atoms with E-state index in [-0.39, 0.29) is 41.9 Å². The molecule has 2 aliphatic heterocycles. The molecule has 7 rings (SSSR count). The van der Waals surface area contributed by atoms with Gasteiger partial charge in [0.25, 0.3) is 5.91 Å². The molecule has 73 heavy (non-hydrogen) atoms. The molecule has 14 nitrogen and oxygen atoms in total. The van der Waals surface area contributed by atoms with Crippen molar-refractivity contribution in [1.82, 2.24) is 25.4 Å². The van der Waals surface area contributed by atoms with Crippen LogP contribution in [0.4, 0.5) is 18.9 Å². The lowest BCUT2D eigenvalue weighted by molar-refractivity contribution is -0.144. The van der Waals surface area contributed by atoms with Crippen molar-refractivity contribution in [2.45, 2.75) is 110 Å². The summed E-state index contributed by atoms with van der Waals surface area (Å²) in [6.07, 6.45) is 3.87. The van der Waals surface area contributed by atoms with Crippen LogP contribution in [0.2, 0.25) is 0 Å². The van der Waals surface area contributed by atoms with Gasteiger partial charge in [0, 0.05) is 19.7 Å². The molecule has 1 aliphatic carbocycles. The second kappa shape index (κ2) is 22.7. The molecule has 4 amide bonds. The number of aromatic nitrogens is 1. The van der Waals surface area contributed by atoms with E-state index >= 15 is 0 Å². The van der Waals surface area contributed by atoms with E-state index in [0.29, 0.717) is 63.3 Å². The van der Waals surface area contributed by atoms with Gasteiger partial charge in [-0.3, -0.25) is 24.1 Å². The van der Waals surface area contributed by atoms with Crippen molar-refractivity contribution in [2.75, 3.05) is 38.4 Å². The molecular formula is C54H60F3N7O7S2. The Labute approximate surface area is 433 Å². The van der Waals surface area contributed by atoms with Crippen LogP contribution in [0, 0.1) is 23.7 Å². The number of thiocarbonyl (C=S) groups is 1. The van der Waals surface area contributed by atoms with E-state index in [1.165, 1.54) is 6.07 Å². The molecule has 2 N–H and O–H groups in total. The summed E-state index contributed by atoms with van der Waals surface area (Å²) < 4.78 is 58.9. The number of benzene rings is 3. The molecule has 0 spiro atoms. The average Bonchev–Trinajstić information content (AvgIpc) is 4.07. The number of methoxy groups -OCH3 is 1.